The summed E-state index contributed by atoms with van der Waals surface area (Å²) >= 11 is 0. The smallest absolute Gasteiger partial charge is 0.411 e. The molecular formula is C31H34N6O4. The van der Waals surface area contributed by atoms with Gasteiger partial charge < -0.3 is 18.8 Å². The van der Waals surface area contributed by atoms with Gasteiger partial charge in [-0.1, -0.05) is 40.6 Å². The van der Waals surface area contributed by atoms with Crippen LogP contribution in [-0.2, 0) is 16.5 Å². The molecule has 2 aromatic carbocycles. The van der Waals surface area contributed by atoms with E-state index in [0.717, 1.165) is 59.2 Å². The first-order valence-corrected chi connectivity index (χ1v) is 13.9. The van der Waals surface area contributed by atoms with Gasteiger partial charge in [-0.25, -0.2) is 9.48 Å². The van der Waals surface area contributed by atoms with Gasteiger partial charge in [0.1, 0.15) is 5.69 Å². The second-order valence-corrected chi connectivity index (χ2v) is 10.6. The van der Waals surface area contributed by atoms with Crippen LogP contribution in [0.3, 0.4) is 0 Å². The van der Waals surface area contributed by atoms with Crippen LogP contribution in [0.1, 0.15) is 38.3 Å². The summed E-state index contributed by atoms with van der Waals surface area (Å²) in [4.78, 5) is 17.5. The number of aromatic nitrogens is 5. The minimum Gasteiger partial charge on any atom is -0.478 e. The molecule has 1 aliphatic heterocycles. The first-order valence-electron chi connectivity index (χ1n) is 13.9. The lowest BCUT2D eigenvalue weighted by molar-refractivity contribution is 0.0553. The predicted octanol–water partition coefficient (Wildman–Crippen LogP) is 5.97. The predicted molar refractivity (Wildman–Crippen MR) is 157 cm³/mol. The van der Waals surface area contributed by atoms with Crippen LogP contribution in [0.4, 0.5) is 10.5 Å². The van der Waals surface area contributed by atoms with Gasteiger partial charge in [0, 0.05) is 43.1 Å². The number of carbonyl (C=O) groups excluding carboxylic acids is 1. The number of hydrogen-bond donors (Lipinski definition) is 1. The molecule has 10 nitrogen and oxygen atoms in total. The number of nitrogens with one attached hydrogen (secondary N) is 1. The van der Waals surface area contributed by atoms with Gasteiger partial charge in [0.15, 0.2) is 0 Å². The van der Waals surface area contributed by atoms with Crippen molar-refractivity contribution >= 4 is 33.7 Å². The molecule has 4 heterocycles. The Bertz CT molecular complexity index is 1690. The number of nitrogens with zero attached hydrogens (tertiary/aromatic N) is 5. The third-order valence-corrected chi connectivity index (χ3v) is 7.62. The second kappa shape index (κ2) is 11.2. The number of methoxy groups -OCH3 is 1. The van der Waals surface area contributed by atoms with Crippen molar-refractivity contribution in [3.63, 3.8) is 0 Å². The Morgan fingerprint density at radius 2 is 1.85 bits per heavy atom. The summed E-state index contributed by atoms with van der Waals surface area (Å²) < 4.78 is 20.7. The van der Waals surface area contributed by atoms with E-state index in [-0.39, 0.29) is 12.1 Å². The van der Waals surface area contributed by atoms with Crippen LogP contribution in [-0.4, -0.2) is 57.1 Å². The average Bonchev–Trinajstić information content (AvgIpc) is 3.50. The molecule has 1 saturated heterocycles. The largest absolute Gasteiger partial charge is 0.478 e. The lowest BCUT2D eigenvalue weighted by Gasteiger charge is -2.33. The quantitative estimate of drug-likeness (QED) is 0.264. The van der Waals surface area contributed by atoms with Gasteiger partial charge in [-0.15, -0.1) is 0 Å². The fraction of sp³-hybridized carbons (Fsp3) is 0.355. The third-order valence-electron chi connectivity index (χ3n) is 7.62. The number of carbonyl (C=O) groups is 1. The third kappa shape index (κ3) is 5.11. The summed E-state index contributed by atoms with van der Waals surface area (Å²) in [5.41, 5.74) is 6.29. The summed E-state index contributed by atoms with van der Waals surface area (Å²) in [6, 6.07) is 18.7. The molecule has 3 aromatic heterocycles. The summed E-state index contributed by atoms with van der Waals surface area (Å²) in [7, 11) is 3.43. The van der Waals surface area contributed by atoms with Gasteiger partial charge in [0.05, 0.1) is 35.8 Å². The number of benzene rings is 2. The fourth-order valence-corrected chi connectivity index (χ4v) is 5.87. The number of amides is 1. The van der Waals surface area contributed by atoms with Crippen molar-refractivity contribution in [2.45, 2.75) is 38.8 Å². The topological polar surface area (TPSA) is 105 Å². The van der Waals surface area contributed by atoms with Gasteiger partial charge in [-0.05, 0) is 62.4 Å². The summed E-state index contributed by atoms with van der Waals surface area (Å²) in [5.74, 6) is 0.777. The van der Waals surface area contributed by atoms with Crippen molar-refractivity contribution < 1.29 is 19.0 Å². The van der Waals surface area contributed by atoms with E-state index in [4.69, 9.17) is 19.2 Å². The Labute approximate surface area is 238 Å². The van der Waals surface area contributed by atoms with Gasteiger partial charge in [-0.3, -0.25) is 10.3 Å². The van der Waals surface area contributed by atoms with Crippen LogP contribution in [0, 0.1) is 5.92 Å². The second-order valence-electron chi connectivity index (χ2n) is 10.6. The number of anilines is 1. The van der Waals surface area contributed by atoms with Crippen molar-refractivity contribution in [1.82, 2.24) is 24.5 Å². The molecule has 10 heteroatoms. The molecule has 1 fully saturated rings. The molecule has 0 aliphatic carbocycles. The maximum absolute atomic E-state index is 12.5. The lowest BCUT2D eigenvalue weighted by atomic mass is 9.86. The van der Waals surface area contributed by atoms with E-state index in [1.54, 1.807) is 11.8 Å². The zero-order chi connectivity index (χ0) is 28.5. The molecular weight excluding hydrogens is 520 g/mol. The van der Waals surface area contributed by atoms with Crippen molar-refractivity contribution in [3.8, 4) is 17.1 Å². The highest BCUT2D eigenvalue weighted by molar-refractivity contribution is 6.08. The van der Waals surface area contributed by atoms with Crippen LogP contribution in [0.15, 0.2) is 60.8 Å². The van der Waals surface area contributed by atoms with E-state index < -0.39 is 6.09 Å². The molecule has 0 spiro atoms. The van der Waals surface area contributed by atoms with E-state index in [0.29, 0.717) is 17.5 Å². The zero-order valence-electron chi connectivity index (χ0n) is 23.7. The van der Waals surface area contributed by atoms with Crippen molar-refractivity contribution in [2.24, 2.45) is 13.0 Å². The Morgan fingerprint density at radius 1 is 1.07 bits per heavy atom. The number of pyridine rings is 1. The molecule has 6 rings (SSSR count). The van der Waals surface area contributed by atoms with Crippen LogP contribution in [0.2, 0.25) is 0 Å². The highest BCUT2D eigenvalue weighted by atomic mass is 16.6. The molecule has 1 amide bonds. The number of ether oxygens (including phenoxy) is 3. The average molecular weight is 555 g/mol. The highest BCUT2D eigenvalue weighted by Crippen LogP contribution is 2.42. The summed E-state index contributed by atoms with van der Waals surface area (Å²) in [5, 5.41) is 12.2. The maximum Gasteiger partial charge on any atom is 0.411 e. The van der Waals surface area contributed by atoms with Gasteiger partial charge in [0.25, 0.3) is 5.88 Å². The number of aryl methyl sites for hydroxylation is 1. The molecule has 41 heavy (non-hydrogen) atoms. The Balaban J connectivity index is 1.61. The first-order chi connectivity index (χ1) is 19.9. The van der Waals surface area contributed by atoms with Gasteiger partial charge in [-0.2, -0.15) is 0 Å². The van der Waals surface area contributed by atoms with Gasteiger partial charge >= 0.3 is 6.09 Å². The number of hydrogen-bond acceptors (Lipinski definition) is 7. The van der Waals surface area contributed by atoms with Crippen LogP contribution >= 0.6 is 0 Å². The Hall–Kier alpha value is -4.44. The minimum absolute atomic E-state index is 0.0153. The van der Waals surface area contributed by atoms with Crippen molar-refractivity contribution in [1.29, 1.82) is 0 Å². The molecule has 1 aliphatic rings. The standard InChI is InChI=1S/C31H34N6O4/c1-19(2)41-31(38)33-23-10-11-24-25(17-23)37(28(20-8-6-5-7-9-20)21-12-14-40-15-13-21)26-16-22(18-32-27(24)26)29-30(39-4)34-35-36(29)3/h5-11,16-19,21,28H,12-15H2,1-4H3,(H,33,38)/t28-/m1/s1. The number of rotatable bonds is 7. The van der Waals surface area contributed by atoms with Crippen molar-refractivity contribution in [2.75, 3.05) is 25.6 Å². The molecule has 5 aromatic rings. The van der Waals surface area contributed by atoms with Crippen LogP contribution in [0.5, 0.6) is 5.88 Å². The lowest BCUT2D eigenvalue weighted by Crippen LogP contribution is -2.27. The first kappa shape index (κ1) is 26.8. The summed E-state index contributed by atoms with van der Waals surface area (Å²) in [6.07, 6.45) is 3.01. The molecule has 0 bridgehead atoms. The normalized spacial score (nSPS) is 15.0. The minimum atomic E-state index is -0.484. The van der Waals surface area contributed by atoms with E-state index in [1.807, 2.05) is 51.4 Å². The summed E-state index contributed by atoms with van der Waals surface area (Å²) in [6.45, 7) is 5.10. The maximum atomic E-state index is 12.5. The Morgan fingerprint density at radius 3 is 2.59 bits per heavy atom. The fourth-order valence-electron chi connectivity index (χ4n) is 5.87. The molecule has 1 N–H and O–H groups in total. The zero-order valence-corrected chi connectivity index (χ0v) is 23.7. The monoisotopic (exact) mass is 554 g/mol. The highest BCUT2D eigenvalue weighted by Gasteiger charge is 2.30. The van der Waals surface area contributed by atoms with E-state index in [9.17, 15) is 4.79 Å². The van der Waals surface area contributed by atoms with E-state index in [1.165, 1.54) is 5.56 Å². The molecule has 0 saturated carbocycles. The molecule has 1 atom stereocenters. The molecule has 0 unspecified atom stereocenters. The molecule has 0 radical (unpaired) electrons. The van der Waals surface area contributed by atoms with E-state index in [2.05, 4.69) is 50.5 Å². The SMILES string of the molecule is COc1nnn(C)c1-c1cnc2c3ccc(NC(=O)OC(C)C)cc3n([C@H](c3ccccc3)C3CCOCC3)c2c1. The van der Waals surface area contributed by atoms with E-state index >= 15 is 0 Å². The van der Waals surface area contributed by atoms with Crippen LogP contribution in [0.25, 0.3) is 33.2 Å². The Kier molecular flexibility index (Phi) is 7.32. The van der Waals surface area contributed by atoms with Crippen LogP contribution < -0.4 is 10.1 Å². The van der Waals surface area contributed by atoms with Gasteiger partial charge in [0.2, 0.25) is 0 Å². The molecule has 212 valence electrons. The van der Waals surface area contributed by atoms with Crippen molar-refractivity contribution in [3.05, 3.63) is 66.4 Å². The number of fused-ring (bicyclic) bond motifs is 3.